The molecule has 0 bridgehead atoms. The molecule has 0 saturated carbocycles. The number of aliphatic hydroxyl groups is 1. The van der Waals surface area contributed by atoms with Gasteiger partial charge in [-0.05, 0) is 25.7 Å². The quantitative estimate of drug-likeness (QED) is 0.797. The van der Waals surface area contributed by atoms with Crippen LogP contribution in [0.15, 0.2) is 6.20 Å². The number of carbonyl (C=O) groups is 1. The van der Waals surface area contributed by atoms with Crippen LogP contribution >= 0.6 is 0 Å². The summed E-state index contributed by atoms with van der Waals surface area (Å²) in [5, 5.41) is 20.4. The van der Waals surface area contributed by atoms with Gasteiger partial charge in [-0.2, -0.15) is 0 Å². The second-order valence-corrected chi connectivity index (χ2v) is 5.56. The summed E-state index contributed by atoms with van der Waals surface area (Å²) in [6.45, 7) is 2.64. The van der Waals surface area contributed by atoms with Crippen LogP contribution in [0.2, 0.25) is 0 Å². The zero-order chi connectivity index (χ0) is 13.9. The molecule has 0 aliphatic carbocycles. The molecule has 7 heteroatoms. The van der Waals surface area contributed by atoms with E-state index in [2.05, 4.69) is 15.6 Å². The van der Waals surface area contributed by atoms with Gasteiger partial charge in [-0.15, -0.1) is 5.10 Å². The maximum Gasteiger partial charge on any atom is 0.276 e. The highest BCUT2D eigenvalue weighted by Gasteiger charge is 2.29. The zero-order valence-corrected chi connectivity index (χ0v) is 11.5. The molecule has 7 nitrogen and oxygen atoms in total. The van der Waals surface area contributed by atoms with Crippen LogP contribution < -0.4 is 5.32 Å². The van der Waals surface area contributed by atoms with Crippen LogP contribution in [0.3, 0.4) is 0 Å². The Kier molecular flexibility index (Phi) is 3.98. The molecule has 1 aromatic heterocycles. The van der Waals surface area contributed by atoms with Gasteiger partial charge >= 0.3 is 0 Å². The van der Waals surface area contributed by atoms with Gasteiger partial charge in [0.05, 0.1) is 12.2 Å². The first-order valence-corrected chi connectivity index (χ1v) is 7.34. The van der Waals surface area contributed by atoms with Crippen LogP contribution in [-0.4, -0.2) is 63.2 Å². The van der Waals surface area contributed by atoms with E-state index in [0.29, 0.717) is 18.2 Å². The molecule has 2 aliphatic rings. The SMILES string of the molecule is O=C(c1cn(C2CNC2)nn1)N1CCCCC1CCO. The Morgan fingerprint density at radius 3 is 3.00 bits per heavy atom. The minimum Gasteiger partial charge on any atom is -0.396 e. The van der Waals surface area contributed by atoms with Crippen molar-refractivity contribution in [3.8, 4) is 0 Å². The van der Waals surface area contributed by atoms with E-state index < -0.39 is 0 Å². The Morgan fingerprint density at radius 2 is 2.30 bits per heavy atom. The van der Waals surface area contributed by atoms with Crippen LogP contribution in [0.5, 0.6) is 0 Å². The highest BCUT2D eigenvalue weighted by molar-refractivity contribution is 5.92. The topological polar surface area (TPSA) is 83.3 Å². The largest absolute Gasteiger partial charge is 0.396 e. The van der Waals surface area contributed by atoms with E-state index in [-0.39, 0.29) is 18.6 Å². The second-order valence-electron chi connectivity index (χ2n) is 5.56. The third kappa shape index (κ3) is 2.55. The number of nitrogens with zero attached hydrogens (tertiary/aromatic N) is 4. The van der Waals surface area contributed by atoms with E-state index in [4.69, 9.17) is 5.11 Å². The van der Waals surface area contributed by atoms with Crippen LogP contribution in [0.1, 0.15) is 42.2 Å². The van der Waals surface area contributed by atoms with Gasteiger partial charge in [-0.3, -0.25) is 4.79 Å². The van der Waals surface area contributed by atoms with Crippen molar-refractivity contribution in [2.75, 3.05) is 26.2 Å². The fraction of sp³-hybridized carbons (Fsp3) is 0.769. The molecule has 3 rings (SSSR count). The van der Waals surface area contributed by atoms with Crippen molar-refractivity contribution in [3.63, 3.8) is 0 Å². The first-order valence-electron chi connectivity index (χ1n) is 7.34. The van der Waals surface area contributed by atoms with Crippen molar-refractivity contribution in [2.45, 2.75) is 37.8 Å². The highest BCUT2D eigenvalue weighted by atomic mass is 16.3. The summed E-state index contributed by atoms with van der Waals surface area (Å²) in [5.74, 6) is -0.0540. The van der Waals surface area contributed by atoms with Crippen molar-refractivity contribution >= 4 is 5.91 Å². The van der Waals surface area contributed by atoms with Gasteiger partial charge in [0.1, 0.15) is 0 Å². The Hall–Kier alpha value is -1.47. The Balaban J connectivity index is 1.71. The first kappa shape index (κ1) is 13.5. The van der Waals surface area contributed by atoms with E-state index in [1.807, 2.05) is 4.90 Å². The van der Waals surface area contributed by atoms with Crippen molar-refractivity contribution in [2.24, 2.45) is 0 Å². The molecular formula is C13H21N5O2. The van der Waals surface area contributed by atoms with Gasteiger partial charge in [0.25, 0.3) is 5.91 Å². The summed E-state index contributed by atoms with van der Waals surface area (Å²) in [6, 6.07) is 0.454. The molecule has 2 aliphatic heterocycles. The molecule has 0 radical (unpaired) electrons. The molecule has 0 spiro atoms. The highest BCUT2D eigenvalue weighted by Crippen LogP contribution is 2.21. The summed E-state index contributed by atoms with van der Waals surface area (Å²) in [6.07, 6.45) is 5.50. The molecule has 1 atom stereocenters. The minimum absolute atomic E-state index is 0.0540. The summed E-state index contributed by atoms with van der Waals surface area (Å²) >= 11 is 0. The second kappa shape index (κ2) is 5.88. The van der Waals surface area contributed by atoms with Crippen molar-refractivity contribution < 1.29 is 9.90 Å². The van der Waals surface area contributed by atoms with Gasteiger partial charge in [-0.1, -0.05) is 5.21 Å². The lowest BCUT2D eigenvalue weighted by Gasteiger charge is -2.35. The summed E-state index contributed by atoms with van der Waals surface area (Å²) in [4.78, 5) is 14.4. The number of aliphatic hydroxyl groups excluding tert-OH is 1. The number of nitrogens with one attached hydrogen (secondary N) is 1. The summed E-state index contributed by atoms with van der Waals surface area (Å²) in [5.41, 5.74) is 0.418. The number of hydrogen-bond acceptors (Lipinski definition) is 5. The average Bonchev–Trinajstić information content (AvgIpc) is 2.86. The zero-order valence-electron chi connectivity index (χ0n) is 11.5. The van der Waals surface area contributed by atoms with E-state index in [1.165, 1.54) is 0 Å². The predicted octanol–water partition coefficient (Wildman–Crippen LogP) is -0.200. The maximum atomic E-state index is 12.5. The number of rotatable bonds is 4. The number of carbonyl (C=O) groups excluding carboxylic acids is 1. The summed E-state index contributed by atoms with van der Waals surface area (Å²) < 4.78 is 1.77. The molecule has 1 unspecified atom stereocenters. The molecular weight excluding hydrogens is 258 g/mol. The average molecular weight is 279 g/mol. The van der Waals surface area contributed by atoms with E-state index >= 15 is 0 Å². The normalized spacial score (nSPS) is 23.6. The molecule has 110 valence electrons. The maximum absolute atomic E-state index is 12.5. The molecule has 0 aromatic carbocycles. The molecule has 2 saturated heterocycles. The Labute approximate surface area is 117 Å². The van der Waals surface area contributed by atoms with Crippen molar-refractivity contribution in [3.05, 3.63) is 11.9 Å². The lowest BCUT2D eigenvalue weighted by atomic mass is 9.99. The fourth-order valence-corrected chi connectivity index (χ4v) is 2.88. The number of hydrogen-bond donors (Lipinski definition) is 2. The predicted molar refractivity (Wildman–Crippen MR) is 72.3 cm³/mol. The van der Waals surface area contributed by atoms with Gasteiger partial charge < -0.3 is 15.3 Å². The molecule has 20 heavy (non-hydrogen) atoms. The van der Waals surface area contributed by atoms with Crippen LogP contribution in [0.25, 0.3) is 0 Å². The standard InChI is InChI=1S/C13H21N5O2/c19-6-4-10-3-1-2-5-17(10)13(20)12-9-18(16-15-12)11-7-14-8-11/h9-11,14,19H,1-8H2. The monoisotopic (exact) mass is 279 g/mol. The minimum atomic E-state index is -0.0540. The summed E-state index contributed by atoms with van der Waals surface area (Å²) in [7, 11) is 0. The fourth-order valence-electron chi connectivity index (χ4n) is 2.88. The van der Waals surface area contributed by atoms with E-state index in [9.17, 15) is 4.79 Å². The van der Waals surface area contributed by atoms with E-state index in [1.54, 1.807) is 10.9 Å². The molecule has 1 amide bonds. The molecule has 3 heterocycles. The number of aromatic nitrogens is 3. The van der Waals surface area contributed by atoms with Gasteiger partial charge in [0, 0.05) is 32.3 Å². The molecule has 2 fully saturated rings. The first-order chi connectivity index (χ1) is 9.79. The smallest absolute Gasteiger partial charge is 0.276 e. The van der Waals surface area contributed by atoms with Crippen LogP contribution in [0.4, 0.5) is 0 Å². The van der Waals surface area contributed by atoms with E-state index in [0.717, 1.165) is 38.9 Å². The number of piperidine rings is 1. The lowest BCUT2D eigenvalue weighted by molar-refractivity contribution is 0.0568. The van der Waals surface area contributed by atoms with Gasteiger partial charge in [0.15, 0.2) is 5.69 Å². The van der Waals surface area contributed by atoms with Crippen molar-refractivity contribution in [1.82, 2.24) is 25.2 Å². The van der Waals surface area contributed by atoms with Gasteiger partial charge in [-0.25, -0.2) is 4.68 Å². The van der Waals surface area contributed by atoms with Gasteiger partial charge in [0.2, 0.25) is 0 Å². The Bertz CT molecular complexity index is 469. The van der Waals surface area contributed by atoms with Crippen LogP contribution in [0, 0.1) is 0 Å². The third-order valence-corrected chi connectivity index (χ3v) is 4.21. The van der Waals surface area contributed by atoms with Crippen LogP contribution in [-0.2, 0) is 0 Å². The number of amides is 1. The number of likely N-dealkylation sites (tertiary alicyclic amines) is 1. The molecule has 2 N–H and O–H groups in total. The third-order valence-electron chi connectivity index (χ3n) is 4.21. The Morgan fingerprint density at radius 1 is 1.45 bits per heavy atom. The lowest BCUT2D eigenvalue weighted by Crippen LogP contribution is -2.44. The van der Waals surface area contributed by atoms with Crippen molar-refractivity contribution in [1.29, 1.82) is 0 Å². The molecule has 1 aromatic rings.